The van der Waals surface area contributed by atoms with Crippen LogP contribution in [0, 0.1) is 0 Å². The van der Waals surface area contributed by atoms with E-state index in [1.807, 2.05) is 0 Å². The summed E-state index contributed by atoms with van der Waals surface area (Å²) in [5.41, 5.74) is 5.94. The van der Waals surface area contributed by atoms with E-state index < -0.39 is 41.8 Å². The summed E-state index contributed by atoms with van der Waals surface area (Å²) >= 11 is 3.85. The Kier molecular flexibility index (Phi) is 9.25. The lowest BCUT2D eigenvalue weighted by Crippen LogP contribution is -2.56. The summed E-state index contributed by atoms with van der Waals surface area (Å²) in [5, 5.41) is 25.4. The van der Waals surface area contributed by atoms with Gasteiger partial charge in [-0.1, -0.05) is 12.1 Å². The first-order chi connectivity index (χ1) is 13.2. The van der Waals surface area contributed by atoms with Crippen LogP contribution in [0.25, 0.3) is 0 Å². The number of amides is 3. The van der Waals surface area contributed by atoms with Gasteiger partial charge in [-0.3, -0.25) is 14.4 Å². The molecule has 11 heteroatoms. The average Bonchev–Trinajstić information content (AvgIpc) is 2.66. The molecule has 0 heterocycles. The van der Waals surface area contributed by atoms with Gasteiger partial charge in [0.25, 0.3) is 0 Å². The minimum atomic E-state index is -1.25. The second-order valence-corrected chi connectivity index (χ2v) is 6.37. The van der Waals surface area contributed by atoms with Crippen LogP contribution in [0.4, 0.5) is 0 Å². The van der Waals surface area contributed by atoms with E-state index in [4.69, 9.17) is 10.8 Å². The highest BCUT2D eigenvalue weighted by atomic mass is 32.1. The van der Waals surface area contributed by atoms with Crippen molar-refractivity contribution >= 4 is 36.3 Å². The number of phenolic OH excluding ortho intramolecular Hbond substituents is 1. The number of nitrogens with two attached hydrogens (primary N) is 1. The number of carboxylic acid groups (broad SMARTS) is 1. The summed E-state index contributed by atoms with van der Waals surface area (Å²) in [7, 11) is 0. The van der Waals surface area contributed by atoms with Gasteiger partial charge in [-0.15, -0.1) is 0 Å². The molecule has 3 atom stereocenters. The molecule has 3 amide bonds. The zero-order valence-electron chi connectivity index (χ0n) is 15.2. The van der Waals surface area contributed by atoms with E-state index in [1.54, 1.807) is 12.1 Å². The van der Waals surface area contributed by atoms with Crippen molar-refractivity contribution < 1.29 is 29.4 Å². The normalized spacial score (nSPS) is 13.7. The maximum atomic E-state index is 12.5. The molecule has 0 fully saturated rings. The van der Waals surface area contributed by atoms with Crippen LogP contribution in [0.5, 0.6) is 5.75 Å². The van der Waals surface area contributed by atoms with Crippen molar-refractivity contribution in [2.24, 2.45) is 5.73 Å². The van der Waals surface area contributed by atoms with Gasteiger partial charge in [0.2, 0.25) is 17.7 Å². The molecule has 0 saturated carbocycles. The topological polar surface area (TPSA) is 171 Å². The van der Waals surface area contributed by atoms with Gasteiger partial charge in [-0.25, -0.2) is 4.79 Å². The molecular weight excluding hydrogens is 388 g/mol. The number of carboxylic acids is 1. The highest BCUT2D eigenvalue weighted by molar-refractivity contribution is 7.80. The summed E-state index contributed by atoms with van der Waals surface area (Å²) in [4.78, 5) is 47.2. The van der Waals surface area contributed by atoms with E-state index in [1.165, 1.54) is 19.1 Å². The molecule has 0 aliphatic rings. The van der Waals surface area contributed by atoms with E-state index in [-0.39, 0.29) is 24.5 Å². The molecule has 28 heavy (non-hydrogen) atoms. The third kappa shape index (κ3) is 7.45. The fraction of sp³-hybridized carbons (Fsp3) is 0.412. The number of thiol groups is 1. The van der Waals surface area contributed by atoms with Crippen molar-refractivity contribution in [1.29, 1.82) is 0 Å². The molecule has 10 nitrogen and oxygen atoms in total. The Bertz CT molecular complexity index is 712. The number of aliphatic carboxylic acids is 1. The lowest BCUT2D eigenvalue weighted by Gasteiger charge is -2.22. The SMILES string of the molecule is CC(NC(=O)C(Cc1ccc(O)cc1)NC(=O)CN)C(=O)NC(CS)C(=O)O. The Morgan fingerprint density at radius 2 is 1.64 bits per heavy atom. The van der Waals surface area contributed by atoms with Crippen LogP contribution in [-0.2, 0) is 25.6 Å². The van der Waals surface area contributed by atoms with Crippen molar-refractivity contribution in [3.05, 3.63) is 29.8 Å². The predicted molar refractivity (Wildman–Crippen MR) is 104 cm³/mol. The van der Waals surface area contributed by atoms with Crippen LogP contribution < -0.4 is 21.7 Å². The zero-order valence-corrected chi connectivity index (χ0v) is 16.1. The largest absolute Gasteiger partial charge is 0.508 e. The molecule has 0 radical (unpaired) electrons. The van der Waals surface area contributed by atoms with Crippen molar-refractivity contribution in [3.8, 4) is 5.75 Å². The molecule has 0 aromatic heterocycles. The Labute approximate surface area is 167 Å². The summed E-state index contributed by atoms with van der Waals surface area (Å²) in [6.07, 6.45) is 0.0978. The zero-order chi connectivity index (χ0) is 21.3. The third-order valence-corrected chi connectivity index (χ3v) is 4.13. The lowest BCUT2D eigenvalue weighted by molar-refractivity contribution is -0.141. The average molecular weight is 412 g/mol. The maximum absolute atomic E-state index is 12.5. The van der Waals surface area contributed by atoms with Crippen LogP contribution in [0.2, 0.25) is 0 Å². The highest BCUT2D eigenvalue weighted by Gasteiger charge is 2.26. The number of carbonyl (C=O) groups excluding carboxylic acids is 3. The van der Waals surface area contributed by atoms with Crippen molar-refractivity contribution in [1.82, 2.24) is 16.0 Å². The van der Waals surface area contributed by atoms with Crippen LogP contribution in [0.3, 0.4) is 0 Å². The number of phenols is 1. The molecule has 1 rings (SSSR count). The molecule has 0 aliphatic heterocycles. The second kappa shape index (κ2) is 11.1. The molecule has 1 aromatic carbocycles. The third-order valence-electron chi connectivity index (χ3n) is 3.76. The quantitative estimate of drug-likeness (QED) is 0.226. The Morgan fingerprint density at radius 1 is 1.04 bits per heavy atom. The van der Waals surface area contributed by atoms with Gasteiger partial charge in [-0.2, -0.15) is 12.6 Å². The standard InChI is InChI=1S/C17H24N4O6S/c1-9(15(24)21-13(8-28)17(26)27)19-16(25)12(20-14(23)7-18)6-10-2-4-11(22)5-3-10/h2-5,9,12-13,22,28H,6-8,18H2,1H3,(H,19,25)(H,20,23)(H,21,24)(H,26,27). The molecule has 0 spiro atoms. The van der Waals surface area contributed by atoms with Gasteiger partial charge in [0.1, 0.15) is 23.9 Å². The number of carbonyl (C=O) groups is 4. The lowest BCUT2D eigenvalue weighted by atomic mass is 10.0. The Morgan fingerprint density at radius 3 is 2.14 bits per heavy atom. The summed E-state index contributed by atoms with van der Waals surface area (Å²) in [6.45, 7) is 1.06. The van der Waals surface area contributed by atoms with Crippen LogP contribution >= 0.6 is 12.6 Å². The minimum Gasteiger partial charge on any atom is -0.508 e. The first-order valence-corrected chi connectivity index (χ1v) is 9.03. The van der Waals surface area contributed by atoms with Gasteiger partial charge in [0.15, 0.2) is 0 Å². The number of benzene rings is 1. The predicted octanol–water partition coefficient (Wildman–Crippen LogP) is -1.62. The van der Waals surface area contributed by atoms with E-state index in [2.05, 4.69) is 28.6 Å². The van der Waals surface area contributed by atoms with Gasteiger partial charge in [-0.05, 0) is 24.6 Å². The number of hydrogen-bond donors (Lipinski definition) is 7. The van der Waals surface area contributed by atoms with E-state index in [9.17, 15) is 24.3 Å². The van der Waals surface area contributed by atoms with Gasteiger partial charge < -0.3 is 31.9 Å². The number of rotatable bonds is 10. The molecule has 154 valence electrons. The van der Waals surface area contributed by atoms with Crippen LogP contribution in [0.15, 0.2) is 24.3 Å². The highest BCUT2D eigenvalue weighted by Crippen LogP contribution is 2.11. The van der Waals surface area contributed by atoms with Crippen molar-refractivity contribution in [2.45, 2.75) is 31.5 Å². The maximum Gasteiger partial charge on any atom is 0.327 e. The van der Waals surface area contributed by atoms with E-state index >= 15 is 0 Å². The number of nitrogens with one attached hydrogen (secondary N) is 3. The Hall–Kier alpha value is -2.79. The molecule has 0 aliphatic carbocycles. The first kappa shape index (κ1) is 23.2. The minimum absolute atomic E-state index is 0.0539. The van der Waals surface area contributed by atoms with E-state index in [0.29, 0.717) is 5.56 Å². The monoisotopic (exact) mass is 412 g/mol. The fourth-order valence-electron chi connectivity index (χ4n) is 2.19. The van der Waals surface area contributed by atoms with Crippen molar-refractivity contribution in [2.75, 3.05) is 12.3 Å². The smallest absolute Gasteiger partial charge is 0.327 e. The molecule has 1 aromatic rings. The molecule has 3 unspecified atom stereocenters. The molecular formula is C17H24N4O6S. The van der Waals surface area contributed by atoms with E-state index in [0.717, 1.165) is 0 Å². The molecule has 0 bridgehead atoms. The number of hydrogen-bond acceptors (Lipinski definition) is 7. The molecule has 0 saturated heterocycles. The van der Waals surface area contributed by atoms with Crippen LogP contribution in [0.1, 0.15) is 12.5 Å². The summed E-state index contributed by atoms with van der Waals surface area (Å²) in [6, 6.07) is 2.79. The van der Waals surface area contributed by atoms with Gasteiger partial charge in [0.05, 0.1) is 6.54 Å². The number of aromatic hydroxyl groups is 1. The fourth-order valence-corrected chi connectivity index (χ4v) is 2.44. The van der Waals surface area contributed by atoms with Gasteiger partial charge >= 0.3 is 5.97 Å². The van der Waals surface area contributed by atoms with Crippen LogP contribution in [-0.4, -0.2) is 64.3 Å². The van der Waals surface area contributed by atoms with Crippen molar-refractivity contribution in [3.63, 3.8) is 0 Å². The Balaban J connectivity index is 2.81. The summed E-state index contributed by atoms with van der Waals surface area (Å²) in [5.74, 6) is -3.21. The van der Waals surface area contributed by atoms with Gasteiger partial charge in [0, 0.05) is 12.2 Å². The first-order valence-electron chi connectivity index (χ1n) is 8.39. The second-order valence-electron chi connectivity index (χ2n) is 6.01. The summed E-state index contributed by atoms with van der Waals surface area (Å²) < 4.78 is 0. The molecule has 7 N–H and O–H groups in total.